The Labute approximate surface area is 243 Å². The summed E-state index contributed by atoms with van der Waals surface area (Å²) in [6, 6.07) is 17.5. The Morgan fingerprint density at radius 1 is 1.00 bits per heavy atom. The van der Waals surface area contributed by atoms with E-state index in [4.69, 9.17) is 18.9 Å². The lowest BCUT2D eigenvalue weighted by atomic mass is 10.1. The smallest absolute Gasteiger partial charge is 0.287 e. The highest BCUT2D eigenvalue weighted by atomic mass is 32.2. The number of nitrogens with zero attached hydrogens (tertiary/aromatic N) is 5. The van der Waals surface area contributed by atoms with Gasteiger partial charge in [-0.15, -0.1) is 0 Å². The number of aromatic nitrogens is 3. The van der Waals surface area contributed by atoms with Crippen LogP contribution in [0.3, 0.4) is 0 Å². The summed E-state index contributed by atoms with van der Waals surface area (Å²) in [5.41, 5.74) is 3.08. The van der Waals surface area contributed by atoms with E-state index in [0.29, 0.717) is 42.2 Å². The number of aryl methyl sites for hydroxylation is 1. The van der Waals surface area contributed by atoms with E-state index in [1.165, 1.54) is 17.3 Å². The Bertz CT molecular complexity index is 1490. The molecule has 0 saturated carbocycles. The van der Waals surface area contributed by atoms with Crippen molar-refractivity contribution in [2.75, 3.05) is 44.4 Å². The Morgan fingerprint density at radius 3 is 2.73 bits per heavy atom. The SMILES string of the molecule is Cc1cc(N2CCN(Cc3ccc4c(c3)OCO4)CC2)nc(SCc2ccc(C(=O)NCCc3ccccn3)o2)n1. The number of rotatable bonds is 10. The van der Waals surface area contributed by atoms with Crippen LogP contribution in [-0.4, -0.2) is 65.3 Å². The Morgan fingerprint density at radius 2 is 1.88 bits per heavy atom. The lowest BCUT2D eigenvalue weighted by Gasteiger charge is -2.35. The van der Waals surface area contributed by atoms with Gasteiger partial charge in [0.05, 0.1) is 5.75 Å². The fourth-order valence-corrected chi connectivity index (χ4v) is 5.63. The molecule has 0 unspecified atom stereocenters. The largest absolute Gasteiger partial charge is 0.455 e. The summed E-state index contributed by atoms with van der Waals surface area (Å²) in [5, 5.41) is 3.58. The molecule has 0 bridgehead atoms. The van der Waals surface area contributed by atoms with Gasteiger partial charge in [0.25, 0.3) is 5.91 Å². The molecular weight excluding hydrogens is 540 g/mol. The number of furan rings is 1. The Hall–Kier alpha value is -4.09. The molecule has 10 nitrogen and oxygen atoms in total. The van der Waals surface area contributed by atoms with Crippen LogP contribution in [0.15, 0.2) is 70.4 Å². The lowest BCUT2D eigenvalue weighted by Crippen LogP contribution is -2.46. The van der Waals surface area contributed by atoms with Gasteiger partial charge in [0.15, 0.2) is 22.4 Å². The predicted octanol–water partition coefficient (Wildman–Crippen LogP) is 4.09. The van der Waals surface area contributed by atoms with Gasteiger partial charge in [0, 0.05) is 69.3 Å². The monoisotopic (exact) mass is 572 g/mol. The van der Waals surface area contributed by atoms with E-state index >= 15 is 0 Å². The molecule has 6 rings (SSSR count). The summed E-state index contributed by atoms with van der Waals surface area (Å²) in [7, 11) is 0. The molecule has 212 valence electrons. The number of thioether (sulfide) groups is 1. The second-order valence-electron chi connectivity index (χ2n) is 9.98. The summed E-state index contributed by atoms with van der Waals surface area (Å²) >= 11 is 1.50. The van der Waals surface area contributed by atoms with Gasteiger partial charge in [0.2, 0.25) is 6.79 Å². The van der Waals surface area contributed by atoms with Gasteiger partial charge < -0.3 is 24.1 Å². The molecule has 11 heteroatoms. The quantitative estimate of drug-likeness (QED) is 0.221. The van der Waals surface area contributed by atoms with Crippen LogP contribution in [0.2, 0.25) is 0 Å². The van der Waals surface area contributed by atoms with Crippen molar-refractivity contribution in [1.29, 1.82) is 0 Å². The van der Waals surface area contributed by atoms with Gasteiger partial charge in [-0.3, -0.25) is 14.7 Å². The molecule has 0 atom stereocenters. The van der Waals surface area contributed by atoms with Gasteiger partial charge in [-0.05, 0) is 48.9 Å². The van der Waals surface area contributed by atoms with Crippen molar-refractivity contribution in [3.8, 4) is 11.5 Å². The van der Waals surface area contributed by atoms with E-state index in [2.05, 4.69) is 37.2 Å². The fourth-order valence-electron chi connectivity index (χ4n) is 4.83. The van der Waals surface area contributed by atoms with Crippen LogP contribution in [0.4, 0.5) is 5.82 Å². The average molecular weight is 573 g/mol. The van der Waals surface area contributed by atoms with Gasteiger partial charge in [-0.2, -0.15) is 0 Å². The number of hydrogen-bond acceptors (Lipinski definition) is 10. The van der Waals surface area contributed by atoms with E-state index in [0.717, 1.165) is 61.4 Å². The number of carbonyl (C=O) groups excluding carboxylic acids is 1. The fraction of sp³-hybridized carbons (Fsp3) is 0.333. The minimum absolute atomic E-state index is 0.232. The number of hydrogen-bond donors (Lipinski definition) is 1. The first-order valence-corrected chi connectivity index (χ1v) is 14.7. The van der Waals surface area contributed by atoms with Crippen LogP contribution in [0.25, 0.3) is 0 Å². The van der Waals surface area contributed by atoms with Crippen LogP contribution >= 0.6 is 11.8 Å². The summed E-state index contributed by atoms with van der Waals surface area (Å²) < 4.78 is 16.7. The predicted molar refractivity (Wildman–Crippen MR) is 155 cm³/mol. The topological polar surface area (TPSA) is 106 Å². The molecule has 5 heterocycles. The molecule has 2 aliphatic heterocycles. The van der Waals surface area contributed by atoms with Crippen LogP contribution in [0.5, 0.6) is 11.5 Å². The maximum absolute atomic E-state index is 12.5. The third kappa shape index (κ3) is 6.98. The van der Waals surface area contributed by atoms with E-state index in [-0.39, 0.29) is 5.91 Å². The number of piperazine rings is 1. The molecule has 1 aromatic carbocycles. The normalized spacial score (nSPS) is 14.8. The number of benzene rings is 1. The Balaban J connectivity index is 0.985. The van der Waals surface area contributed by atoms with Crippen molar-refractivity contribution in [2.45, 2.75) is 30.8 Å². The molecule has 2 aliphatic rings. The van der Waals surface area contributed by atoms with Crippen LogP contribution in [0, 0.1) is 6.92 Å². The maximum Gasteiger partial charge on any atom is 0.287 e. The first-order chi connectivity index (χ1) is 20.1. The molecule has 3 aromatic heterocycles. The third-order valence-corrected chi connectivity index (χ3v) is 7.85. The third-order valence-electron chi connectivity index (χ3n) is 6.98. The summed E-state index contributed by atoms with van der Waals surface area (Å²) in [6.07, 6.45) is 2.41. The van der Waals surface area contributed by atoms with Gasteiger partial charge >= 0.3 is 0 Å². The summed E-state index contributed by atoms with van der Waals surface area (Å²) in [6.45, 7) is 7.33. The Kier molecular flexibility index (Phi) is 8.33. The van der Waals surface area contributed by atoms with Crippen molar-refractivity contribution < 1.29 is 18.7 Å². The van der Waals surface area contributed by atoms with Gasteiger partial charge in [-0.25, -0.2) is 9.97 Å². The second kappa shape index (κ2) is 12.6. The first-order valence-electron chi connectivity index (χ1n) is 13.7. The first kappa shape index (κ1) is 27.1. The molecular formula is C30H32N6O4S. The van der Waals surface area contributed by atoms with Crippen molar-refractivity contribution in [2.24, 2.45) is 0 Å². The minimum Gasteiger partial charge on any atom is -0.455 e. The van der Waals surface area contributed by atoms with E-state index in [1.807, 2.05) is 43.3 Å². The minimum atomic E-state index is -0.232. The molecule has 0 radical (unpaired) electrons. The zero-order valence-electron chi connectivity index (χ0n) is 22.9. The standard InChI is InChI=1S/C30H32N6O4S/c1-21-16-28(36-14-12-35(13-15-36)18-22-5-7-25-27(17-22)39-20-38-25)34-30(33-21)41-19-24-6-8-26(40-24)29(37)32-11-9-23-4-2-3-10-31-23/h2-8,10,16-17H,9,11-15,18-20H2,1H3,(H,32,37). The number of fused-ring (bicyclic) bond motifs is 1. The summed E-state index contributed by atoms with van der Waals surface area (Å²) in [5.74, 6) is 3.89. The molecule has 0 aliphatic carbocycles. The molecule has 1 amide bonds. The number of amides is 1. The number of nitrogens with one attached hydrogen (secondary N) is 1. The highest BCUT2D eigenvalue weighted by Crippen LogP contribution is 2.33. The number of pyridine rings is 1. The second-order valence-corrected chi connectivity index (χ2v) is 10.9. The summed E-state index contributed by atoms with van der Waals surface area (Å²) in [4.78, 5) is 31.0. The van der Waals surface area contributed by atoms with Crippen LogP contribution in [-0.2, 0) is 18.7 Å². The lowest BCUT2D eigenvalue weighted by molar-refractivity contribution is 0.0925. The van der Waals surface area contributed by atoms with Crippen LogP contribution < -0.4 is 19.7 Å². The van der Waals surface area contributed by atoms with Crippen molar-refractivity contribution in [3.63, 3.8) is 0 Å². The maximum atomic E-state index is 12.5. The molecule has 0 spiro atoms. The molecule has 4 aromatic rings. The van der Waals surface area contributed by atoms with Gasteiger partial charge in [-0.1, -0.05) is 23.9 Å². The van der Waals surface area contributed by atoms with Gasteiger partial charge in [0.1, 0.15) is 11.6 Å². The van der Waals surface area contributed by atoms with Crippen molar-refractivity contribution in [1.82, 2.24) is 25.2 Å². The number of carbonyl (C=O) groups is 1. The van der Waals surface area contributed by atoms with Crippen molar-refractivity contribution in [3.05, 3.63) is 89.3 Å². The molecule has 1 saturated heterocycles. The van der Waals surface area contributed by atoms with Crippen molar-refractivity contribution >= 4 is 23.5 Å². The highest BCUT2D eigenvalue weighted by Gasteiger charge is 2.21. The molecule has 41 heavy (non-hydrogen) atoms. The molecule has 1 N–H and O–H groups in total. The van der Waals surface area contributed by atoms with E-state index in [1.54, 1.807) is 12.3 Å². The zero-order valence-corrected chi connectivity index (χ0v) is 23.7. The number of anilines is 1. The average Bonchev–Trinajstić information content (AvgIpc) is 3.66. The number of ether oxygens (including phenoxy) is 2. The zero-order chi connectivity index (χ0) is 28.0. The van der Waals surface area contributed by atoms with Crippen LogP contribution in [0.1, 0.15) is 33.3 Å². The molecule has 1 fully saturated rings. The van der Waals surface area contributed by atoms with E-state index in [9.17, 15) is 4.79 Å². The highest BCUT2D eigenvalue weighted by molar-refractivity contribution is 7.98. The van der Waals surface area contributed by atoms with E-state index < -0.39 is 0 Å².